The predicted molar refractivity (Wildman–Crippen MR) is 54.1 cm³/mol. The number of methoxy groups -OCH3 is 1. The molecule has 0 unspecified atom stereocenters. The van der Waals surface area contributed by atoms with Gasteiger partial charge in [-0.25, -0.2) is 4.39 Å². The van der Waals surface area contributed by atoms with Gasteiger partial charge in [-0.1, -0.05) is 6.07 Å². The summed E-state index contributed by atoms with van der Waals surface area (Å²) < 4.78 is 18.7. The molecule has 0 aliphatic rings. The van der Waals surface area contributed by atoms with Crippen LogP contribution in [-0.4, -0.2) is 13.4 Å². The third-order valence-corrected chi connectivity index (χ3v) is 2.62. The Balaban J connectivity index is 3.21. The smallest absolute Gasteiger partial charge is 0.144 e. The summed E-state index contributed by atoms with van der Waals surface area (Å²) in [5.74, 6) is 0.162. The highest BCUT2D eigenvalue weighted by Crippen LogP contribution is 2.32. The Bertz CT molecular complexity index is 373. The van der Waals surface area contributed by atoms with E-state index in [1.807, 2.05) is 6.07 Å². The van der Waals surface area contributed by atoms with Crippen LogP contribution in [0.25, 0.3) is 0 Å². The maximum Gasteiger partial charge on any atom is 0.144 e. The standard InChI is InChI=1S/C10H10FNOS/c1-13-8-4-3-7(5-6-12)9(11)10(8)14-2/h3-4H,5H2,1-2H3. The van der Waals surface area contributed by atoms with Crippen molar-refractivity contribution >= 4 is 11.8 Å². The highest BCUT2D eigenvalue weighted by Gasteiger charge is 2.12. The van der Waals surface area contributed by atoms with E-state index >= 15 is 0 Å². The SMILES string of the molecule is COc1ccc(CC#N)c(F)c1SC. The third kappa shape index (κ3) is 1.99. The topological polar surface area (TPSA) is 33.0 Å². The molecule has 14 heavy (non-hydrogen) atoms. The van der Waals surface area contributed by atoms with Crippen LogP contribution in [0, 0.1) is 17.1 Å². The van der Waals surface area contributed by atoms with Gasteiger partial charge in [0.25, 0.3) is 0 Å². The molecule has 1 aromatic rings. The molecule has 1 rings (SSSR count). The molecule has 0 aromatic heterocycles. The van der Waals surface area contributed by atoms with Gasteiger partial charge >= 0.3 is 0 Å². The summed E-state index contributed by atoms with van der Waals surface area (Å²) in [6.45, 7) is 0. The van der Waals surface area contributed by atoms with Crippen LogP contribution < -0.4 is 4.74 Å². The molecule has 0 amide bonds. The Morgan fingerprint density at radius 2 is 2.29 bits per heavy atom. The molecule has 4 heteroatoms. The van der Waals surface area contributed by atoms with Crippen molar-refractivity contribution in [3.8, 4) is 11.8 Å². The largest absolute Gasteiger partial charge is 0.495 e. The fourth-order valence-electron chi connectivity index (χ4n) is 1.15. The summed E-state index contributed by atoms with van der Waals surface area (Å²) in [5, 5.41) is 8.48. The zero-order valence-electron chi connectivity index (χ0n) is 8.00. The van der Waals surface area contributed by atoms with Gasteiger partial charge in [-0.3, -0.25) is 0 Å². The Hall–Kier alpha value is -1.21. The number of benzene rings is 1. The molecule has 0 radical (unpaired) electrons. The molecule has 74 valence electrons. The molecule has 2 nitrogen and oxygen atoms in total. The minimum Gasteiger partial charge on any atom is -0.495 e. The van der Waals surface area contributed by atoms with E-state index in [0.717, 1.165) is 0 Å². The average molecular weight is 211 g/mol. The highest BCUT2D eigenvalue weighted by atomic mass is 32.2. The van der Waals surface area contributed by atoms with Gasteiger partial charge in [0.2, 0.25) is 0 Å². The van der Waals surface area contributed by atoms with Gasteiger partial charge in [0, 0.05) is 5.56 Å². The van der Waals surface area contributed by atoms with Crippen molar-refractivity contribution in [3.63, 3.8) is 0 Å². The van der Waals surface area contributed by atoms with Gasteiger partial charge in [-0.15, -0.1) is 11.8 Å². The van der Waals surface area contributed by atoms with Gasteiger partial charge in [0.1, 0.15) is 11.6 Å². The zero-order chi connectivity index (χ0) is 10.6. The minimum absolute atomic E-state index is 0.0867. The van der Waals surface area contributed by atoms with E-state index in [0.29, 0.717) is 16.2 Å². The molecule has 0 fully saturated rings. The first-order valence-corrected chi connectivity index (χ1v) is 5.23. The quantitative estimate of drug-likeness (QED) is 0.720. The van der Waals surface area contributed by atoms with Crippen LogP contribution in [0.3, 0.4) is 0 Å². The molecule has 0 spiro atoms. The van der Waals surface area contributed by atoms with Gasteiger partial charge in [-0.05, 0) is 12.3 Å². The molecular formula is C10H10FNOS. The van der Waals surface area contributed by atoms with E-state index in [1.165, 1.54) is 18.9 Å². The van der Waals surface area contributed by atoms with E-state index in [2.05, 4.69) is 0 Å². The summed E-state index contributed by atoms with van der Waals surface area (Å²) in [5.41, 5.74) is 0.414. The second-order valence-electron chi connectivity index (χ2n) is 2.61. The monoisotopic (exact) mass is 211 g/mol. The fraction of sp³-hybridized carbons (Fsp3) is 0.300. The van der Waals surface area contributed by atoms with Crippen molar-refractivity contribution in [2.45, 2.75) is 11.3 Å². The number of nitrogens with zero attached hydrogens (tertiary/aromatic N) is 1. The van der Waals surface area contributed by atoms with Crippen molar-refractivity contribution in [1.82, 2.24) is 0 Å². The Morgan fingerprint density at radius 1 is 1.57 bits per heavy atom. The summed E-state index contributed by atoms with van der Waals surface area (Å²) in [6, 6.07) is 5.19. The van der Waals surface area contributed by atoms with Crippen LogP contribution in [0.2, 0.25) is 0 Å². The second kappa shape index (κ2) is 4.87. The lowest BCUT2D eigenvalue weighted by molar-refractivity contribution is 0.397. The number of ether oxygens (including phenoxy) is 1. The van der Waals surface area contributed by atoms with E-state index in [4.69, 9.17) is 10.00 Å². The molecule has 0 bridgehead atoms. The normalized spacial score (nSPS) is 9.57. The van der Waals surface area contributed by atoms with E-state index in [-0.39, 0.29) is 12.2 Å². The van der Waals surface area contributed by atoms with Crippen LogP contribution in [0.4, 0.5) is 4.39 Å². The Morgan fingerprint density at radius 3 is 2.79 bits per heavy atom. The number of nitriles is 1. The molecular weight excluding hydrogens is 201 g/mol. The first-order valence-electron chi connectivity index (χ1n) is 4.01. The van der Waals surface area contributed by atoms with E-state index in [9.17, 15) is 4.39 Å². The van der Waals surface area contributed by atoms with Crippen molar-refractivity contribution in [3.05, 3.63) is 23.5 Å². The number of halogens is 1. The minimum atomic E-state index is -0.349. The van der Waals surface area contributed by atoms with Crippen LogP contribution in [0.15, 0.2) is 17.0 Å². The molecule has 0 aliphatic heterocycles. The van der Waals surface area contributed by atoms with Crippen LogP contribution >= 0.6 is 11.8 Å². The molecule has 0 saturated carbocycles. The van der Waals surface area contributed by atoms with Crippen molar-refractivity contribution in [2.75, 3.05) is 13.4 Å². The molecule has 0 N–H and O–H groups in total. The second-order valence-corrected chi connectivity index (χ2v) is 3.43. The average Bonchev–Trinajstić information content (AvgIpc) is 2.21. The van der Waals surface area contributed by atoms with Crippen LogP contribution in [0.5, 0.6) is 5.75 Å². The first-order chi connectivity index (χ1) is 6.74. The van der Waals surface area contributed by atoms with Crippen LogP contribution in [-0.2, 0) is 6.42 Å². The lowest BCUT2D eigenvalue weighted by Gasteiger charge is -2.09. The maximum absolute atomic E-state index is 13.7. The summed E-state index contributed by atoms with van der Waals surface area (Å²) in [6.07, 6.45) is 1.86. The van der Waals surface area contributed by atoms with Gasteiger partial charge < -0.3 is 4.74 Å². The summed E-state index contributed by atoms with van der Waals surface area (Å²) in [4.78, 5) is 0.459. The lowest BCUT2D eigenvalue weighted by Crippen LogP contribution is -1.95. The lowest BCUT2D eigenvalue weighted by atomic mass is 10.1. The molecule has 0 aliphatic carbocycles. The maximum atomic E-state index is 13.7. The number of rotatable bonds is 3. The number of hydrogen-bond acceptors (Lipinski definition) is 3. The molecule has 0 atom stereocenters. The summed E-state index contributed by atoms with van der Waals surface area (Å²) in [7, 11) is 1.50. The van der Waals surface area contributed by atoms with Gasteiger partial charge in [-0.2, -0.15) is 5.26 Å². The fourth-order valence-corrected chi connectivity index (χ4v) is 1.81. The number of hydrogen-bond donors (Lipinski definition) is 0. The van der Waals surface area contributed by atoms with Crippen molar-refractivity contribution < 1.29 is 9.13 Å². The first kappa shape index (κ1) is 10.9. The highest BCUT2D eigenvalue weighted by molar-refractivity contribution is 7.98. The number of thioether (sulfide) groups is 1. The Labute approximate surface area is 86.7 Å². The molecule has 1 aromatic carbocycles. The zero-order valence-corrected chi connectivity index (χ0v) is 8.82. The van der Waals surface area contributed by atoms with Gasteiger partial charge in [0.15, 0.2) is 0 Å². The van der Waals surface area contributed by atoms with Crippen molar-refractivity contribution in [1.29, 1.82) is 5.26 Å². The Kier molecular flexibility index (Phi) is 3.78. The van der Waals surface area contributed by atoms with Gasteiger partial charge in [0.05, 0.1) is 24.5 Å². The summed E-state index contributed by atoms with van der Waals surface area (Å²) >= 11 is 1.28. The van der Waals surface area contributed by atoms with Crippen molar-refractivity contribution in [2.24, 2.45) is 0 Å². The van der Waals surface area contributed by atoms with Crippen LogP contribution in [0.1, 0.15) is 5.56 Å². The molecule has 0 saturated heterocycles. The molecule has 0 heterocycles. The predicted octanol–water partition coefficient (Wildman–Crippen LogP) is 2.62. The van der Waals surface area contributed by atoms with E-state index < -0.39 is 0 Å². The van der Waals surface area contributed by atoms with E-state index in [1.54, 1.807) is 18.4 Å². The third-order valence-electron chi connectivity index (χ3n) is 1.83.